The summed E-state index contributed by atoms with van der Waals surface area (Å²) in [5, 5.41) is 26.4. The van der Waals surface area contributed by atoms with Gasteiger partial charge in [-0.2, -0.15) is 0 Å². The highest BCUT2D eigenvalue weighted by Crippen LogP contribution is 2.15. The maximum absolute atomic E-state index is 10.6. The van der Waals surface area contributed by atoms with Crippen LogP contribution in [0, 0.1) is 0 Å². The van der Waals surface area contributed by atoms with Crippen LogP contribution in [-0.4, -0.2) is 33.0 Å². The van der Waals surface area contributed by atoms with E-state index in [-0.39, 0.29) is 0 Å². The summed E-state index contributed by atoms with van der Waals surface area (Å²) in [7, 11) is 0. The summed E-state index contributed by atoms with van der Waals surface area (Å²) in [6, 6.07) is 0. The Bertz CT molecular complexity index is 182. The first-order valence-corrected chi connectivity index (χ1v) is 2.86. The number of carbonyl (C=O) groups excluding carboxylic acids is 1. The summed E-state index contributed by atoms with van der Waals surface area (Å²) in [5.41, 5.74) is 0. The van der Waals surface area contributed by atoms with Crippen molar-refractivity contribution in [2.75, 3.05) is 0 Å². The summed E-state index contributed by atoms with van der Waals surface area (Å²) in [4.78, 5) is 10.6. The molecule has 1 aliphatic rings. The summed E-state index contributed by atoms with van der Waals surface area (Å²) in [5.74, 6) is -2.64. The fourth-order valence-corrected chi connectivity index (χ4v) is 0.773. The SMILES string of the molecule is O=C1CC(O)(O)C=CC1O. The molecule has 0 saturated carbocycles. The van der Waals surface area contributed by atoms with Crippen LogP contribution in [0.1, 0.15) is 6.42 Å². The molecule has 0 heterocycles. The zero-order valence-corrected chi connectivity index (χ0v) is 5.19. The van der Waals surface area contributed by atoms with Crippen molar-refractivity contribution in [3.8, 4) is 0 Å². The minimum Gasteiger partial charge on any atom is -0.381 e. The Kier molecular flexibility index (Phi) is 1.60. The topological polar surface area (TPSA) is 77.8 Å². The number of aliphatic hydroxyl groups excluding tert-OH is 1. The Morgan fingerprint density at radius 3 is 2.60 bits per heavy atom. The van der Waals surface area contributed by atoms with Gasteiger partial charge < -0.3 is 15.3 Å². The van der Waals surface area contributed by atoms with Crippen LogP contribution < -0.4 is 0 Å². The van der Waals surface area contributed by atoms with Crippen LogP contribution in [0.3, 0.4) is 0 Å². The highest BCUT2D eigenvalue weighted by Gasteiger charge is 2.30. The van der Waals surface area contributed by atoms with Crippen molar-refractivity contribution >= 4 is 5.78 Å². The molecule has 56 valence electrons. The molecule has 3 N–H and O–H groups in total. The molecule has 0 aromatic carbocycles. The third-order valence-corrected chi connectivity index (χ3v) is 1.31. The van der Waals surface area contributed by atoms with E-state index in [0.29, 0.717) is 0 Å². The lowest BCUT2D eigenvalue weighted by atomic mass is 9.99. The van der Waals surface area contributed by atoms with Gasteiger partial charge in [0.25, 0.3) is 0 Å². The molecule has 1 unspecified atom stereocenters. The summed E-state index contributed by atoms with van der Waals surface area (Å²) in [6.07, 6.45) is 0.447. The Balaban J connectivity index is 2.79. The van der Waals surface area contributed by atoms with E-state index in [1.807, 2.05) is 0 Å². The normalized spacial score (nSPS) is 30.7. The Hall–Kier alpha value is -0.710. The second-order valence-corrected chi connectivity index (χ2v) is 2.33. The molecule has 4 heteroatoms. The average molecular weight is 144 g/mol. The van der Waals surface area contributed by atoms with Gasteiger partial charge in [-0.25, -0.2) is 0 Å². The second kappa shape index (κ2) is 2.16. The van der Waals surface area contributed by atoms with Gasteiger partial charge in [0.1, 0.15) is 6.10 Å². The molecule has 0 bridgehead atoms. The van der Waals surface area contributed by atoms with Crippen molar-refractivity contribution in [1.29, 1.82) is 0 Å². The molecule has 0 aliphatic heterocycles. The molecule has 0 radical (unpaired) electrons. The third kappa shape index (κ3) is 1.41. The number of aliphatic hydroxyl groups is 3. The number of carbonyl (C=O) groups is 1. The van der Waals surface area contributed by atoms with E-state index in [0.717, 1.165) is 12.2 Å². The molecule has 1 aliphatic carbocycles. The smallest absolute Gasteiger partial charge is 0.189 e. The van der Waals surface area contributed by atoms with E-state index in [1.54, 1.807) is 0 Å². The molecule has 0 spiro atoms. The molecule has 1 rings (SSSR count). The van der Waals surface area contributed by atoms with Crippen molar-refractivity contribution in [1.82, 2.24) is 0 Å². The Labute approximate surface area is 57.4 Å². The molecule has 4 nitrogen and oxygen atoms in total. The van der Waals surface area contributed by atoms with Crippen LogP contribution in [0.5, 0.6) is 0 Å². The number of ketones is 1. The van der Waals surface area contributed by atoms with Gasteiger partial charge in [-0.3, -0.25) is 4.79 Å². The Morgan fingerprint density at radius 1 is 1.60 bits per heavy atom. The molecular formula is C6H8O4. The average Bonchev–Trinajstić information content (AvgIpc) is 1.79. The number of hydrogen-bond donors (Lipinski definition) is 3. The summed E-state index contributed by atoms with van der Waals surface area (Å²) in [6.45, 7) is 0. The van der Waals surface area contributed by atoms with Gasteiger partial charge in [0, 0.05) is 0 Å². The maximum atomic E-state index is 10.6. The van der Waals surface area contributed by atoms with Crippen LogP contribution in [0.4, 0.5) is 0 Å². The lowest BCUT2D eigenvalue weighted by Gasteiger charge is -2.21. The first-order valence-electron chi connectivity index (χ1n) is 2.86. The van der Waals surface area contributed by atoms with E-state index in [2.05, 4.69) is 0 Å². The van der Waals surface area contributed by atoms with E-state index < -0.39 is 24.1 Å². The first-order chi connectivity index (χ1) is 4.51. The molecule has 0 amide bonds. The monoisotopic (exact) mass is 144 g/mol. The zero-order chi connectivity index (χ0) is 7.78. The highest BCUT2D eigenvalue weighted by molar-refractivity contribution is 5.86. The predicted octanol–water partition coefficient (Wildman–Crippen LogP) is -1.44. The van der Waals surface area contributed by atoms with Crippen molar-refractivity contribution in [2.24, 2.45) is 0 Å². The van der Waals surface area contributed by atoms with Crippen LogP contribution in [0.25, 0.3) is 0 Å². The van der Waals surface area contributed by atoms with Crippen molar-refractivity contribution < 1.29 is 20.1 Å². The van der Waals surface area contributed by atoms with Gasteiger partial charge in [0.2, 0.25) is 0 Å². The predicted molar refractivity (Wildman–Crippen MR) is 31.9 cm³/mol. The minimum atomic E-state index is -2.06. The molecule has 10 heavy (non-hydrogen) atoms. The lowest BCUT2D eigenvalue weighted by molar-refractivity contribution is -0.154. The fourth-order valence-electron chi connectivity index (χ4n) is 0.773. The van der Waals surface area contributed by atoms with Crippen LogP contribution in [-0.2, 0) is 4.79 Å². The minimum absolute atomic E-state index is 0.440. The Morgan fingerprint density at radius 2 is 2.20 bits per heavy atom. The van der Waals surface area contributed by atoms with Crippen LogP contribution in [0.15, 0.2) is 12.2 Å². The van der Waals surface area contributed by atoms with Crippen LogP contribution in [0.2, 0.25) is 0 Å². The van der Waals surface area contributed by atoms with E-state index in [1.165, 1.54) is 0 Å². The standard InChI is InChI=1S/C6H8O4/c7-4-1-2-6(9,10)3-5(4)8/h1-2,4,7,9-10H,3H2. The van der Waals surface area contributed by atoms with Crippen molar-refractivity contribution in [3.63, 3.8) is 0 Å². The van der Waals surface area contributed by atoms with E-state index in [4.69, 9.17) is 15.3 Å². The molecule has 1 atom stereocenters. The molecular weight excluding hydrogens is 136 g/mol. The van der Waals surface area contributed by atoms with Gasteiger partial charge in [0.15, 0.2) is 11.6 Å². The molecule has 0 fully saturated rings. The first kappa shape index (κ1) is 7.40. The van der Waals surface area contributed by atoms with Gasteiger partial charge >= 0.3 is 0 Å². The van der Waals surface area contributed by atoms with E-state index in [9.17, 15) is 4.79 Å². The van der Waals surface area contributed by atoms with Crippen LogP contribution >= 0.6 is 0 Å². The number of Topliss-reactive ketones (excluding diaryl/α,β-unsaturated/α-hetero) is 1. The quantitative estimate of drug-likeness (QED) is 0.287. The summed E-state index contributed by atoms with van der Waals surface area (Å²) >= 11 is 0. The second-order valence-electron chi connectivity index (χ2n) is 2.33. The molecule has 0 saturated heterocycles. The lowest BCUT2D eigenvalue weighted by Crippen LogP contribution is -2.37. The van der Waals surface area contributed by atoms with Gasteiger partial charge in [0.05, 0.1) is 6.42 Å². The highest BCUT2D eigenvalue weighted by atomic mass is 16.5. The zero-order valence-electron chi connectivity index (χ0n) is 5.19. The number of hydrogen-bond acceptors (Lipinski definition) is 4. The molecule has 0 aromatic heterocycles. The summed E-state index contributed by atoms with van der Waals surface area (Å²) < 4.78 is 0. The van der Waals surface area contributed by atoms with E-state index >= 15 is 0 Å². The van der Waals surface area contributed by atoms with Gasteiger partial charge in [-0.15, -0.1) is 0 Å². The third-order valence-electron chi connectivity index (χ3n) is 1.31. The van der Waals surface area contributed by atoms with Crippen molar-refractivity contribution in [3.05, 3.63) is 12.2 Å². The fraction of sp³-hybridized carbons (Fsp3) is 0.500. The van der Waals surface area contributed by atoms with Crippen molar-refractivity contribution in [2.45, 2.75) is 18.3 Å². The largest absolute Gasteiger partial charge is 0.381 e. The number of rotatable bonds is 0. The molecule has 0 aromatic rings. The van der Waals surface area contributed by atoms with Gasteiger partial charge in [-0.05, 0) is 12.2 Å². The maximum Gasteiger partial charge on any atom is 0.189 e. The van der Waals surface area contributed by atoms with Gasteiger partial charge in [-0.1, -0.05) is 0 Å².